The Kier molecular flexibility index (Phi) is 8.56. The number of nitrogens with zero attached hydrogens (tertiary/aromatic N) is 1. The van der Waals surface area contributed by atoms with Gasteiger partial charge in [-0.1, -0.05) is 57.9 Å². The van der Waals surface area contributed by atoms with Crippen LogP contribution >= 0.6 is 23.1 Å². The van der Waals surface area contributed by atoms with E-state index in [0.29, 0.717) is 12.3 Å². The number of carbonyl (C=O) groups excluding carboxylic acids is 2. The number of thioether (sulfide) groups is 1. The molecule has 3 rings (SSSR count). The normalized spacial score (nSPS) is 19.7. The summed E-state index contributed by atoms with van der Waals surface area (Å²) in [5, 5.41) is 3.11. The minimum Gasteiger partial charge on any atom is -0.352 e. The lowest BCUT2D eigenvalue weighted by molar-refractivity contribution is -0.135. The van der Waals surface area contributed by atoms with Crippen molar-refractivity contribution in [1.29, 1.82) is 0 Å². The van der Waals surface area contributed by atoms with Gasteiger partial charge in [0.15, 0.2) is 0 Å². The highest BCUT2D eigenvalue weighted by molar-refractivity contribution is 8.00. The summed E-state index contributed by atoms with van der Waals surface area (Å²) in [4.78, 5) is 32.1. The van der Waals surface area contributed by atoms with Crippen LogP contribution in [0.5, 0.6) is 0 Å². The number of rotatable bonds is 10. The van der Waals surface area contributed by atoms with Crippen molar-refractivity contribution in [2.75, 3.05) is 6.26 Å². The van der Waals surface area contributed by atoms with Crippen molar-refractivity contribution in [2.45, 2.75) is 71.1 Å². The summed E-state index contributed by atoms with van der Waals surface area (Å²) in [6.07, 6.45) is 6.56. The molecule has 174 valence electrons. The molecule has 0 aliphatic heterocycles. The van der Waals surface area contributed by atoms with Crippen LogP contribution in [0.15, 0.2) is 29.8 Å². The fourth-order valence-corrected chi connectivity index (χ4v) is 6.14. The quantitative estimate of drug-likeness (QED) is 0.442. The van der Waals surface area contributed by atoms with Gasteiger partial charge < -0.3 is 5.32 Å². The van der Waals surface area contributed by atoms with Crippen molar-refractivity contribution in [2.24, 2.45) is 17.8 Å². The number of carbonyl (C=O) groups is 2. The zero-order valence-corrected chi connectivity index (χ0v) is 21.6. The molecule has 1 fully saturated rings. The van der Waals surface area contributed by atoms with Crippen LogP contribution in [-0.2, 0) is 16.1 Å². The van der Waals surface area contributed by atoms with Crippen molar-refractivity contribution in [3.63, 3.8) is 0 Å². The number of hydrogen-bond acceptors (Lipinski definition) is 5. The summed E-state index contributed by atoms with van der Waals surface area (Å²) >= 11 is 3.40. The molecular formula is C26H36N2O2S2. The Morgan fingerprint density at radius 3 is 2.50 bits per heavy atom. The Labute approximate surface area is 201 Å². The summed E-state index contributed by atoms with van der Waals surface area (Å²) in [7, 11) is 0. The van der Waals surface area contributed by atoms with Crippen molar-refractivity contribution in [3.8, 4) is 10.4 Å². The number of benzene rings is 1. The summed E-state index contributed by atoms with van der Waals surface area (Å²) in [5.74, 6) is -0.00881. The van der Waals surface area contributed by atoms with Gasteiger partial charge in [0.1, 0.15) is 5.78 Å². The number of aromatic nitrogens is 1. The largest absolute Gasteiger partial charge is 0.352 e. The number of amides is 1. The Morgan fingerprint density at radius 1 is 1.22 bits per heavy atom. The molecule has 32 heavy (non-hydrogen) atoms. The Balaban J connectivity index is 1.63. The minimum atomic E-state index is -0.196. The molecule has 0 saturated heterocycles. The first-order chi connectivity index (χ1) is 15.3. The number of nitrogens with one attached hydrogen (secondary N) is 1. The van der Waals surface area contributed by atoms with E-state index in [0.717, 1.165) is 48.9 Å². The monoisotopic (exact) mass is 472 g/mol. The number of Topliss-reactive ketones (excluding diaryl/α,β-unsaturated/α-hetero) is 1. The molecule has 1 aromatic heterocycles. The average molecular weight is 473 g/mol. The number of hydrogen-bond donors (Lipinski definition) is 1. The third-order valence-corrected chi connectivity index (χ3v) is 9.25. The molecular weight excluding hydrogens is 436 g/mol. The summed E-state index contributed by atoms with van der Waals surface area (Å²) in [6.45, 7) is 8.98. The van der Waals surface area contributed by atoms with E-state index >= 15 is 0 Å². The Hall–Kier alpha value is -1.66. The molecule has 3 atom stereocenters. The number of ketones is 1. The maximum atomic E-state index is 13.5. The lowest BCUT2D eigenvalue weighted by Crippen LogP contribution is -2.42. The van der Waals surface area contributed by atoms with Gasteiger partial charge in [-0.05, 0) is 43.6 Å². The third kappa shape index (κ3) is 5.63. The fourth-order valence-electron chi connectivity index (χ4n) is 4.81. The highest BCUT2D eigenvalue weighted by atomic mass is 32.2. The van der Waals surface area contributed by atoms with E-state index in [1.165, 1.54) is 4.88 Å². The highest BCUT2D eigenvalue weighted by Crippen LogP contribution is 2.41. The average Bonchev–Trinajstić information content (AvgIpc) is 3.45. The molecule has 1 amide bonds. The second-order valence-corrected chi connectivity index (χ2v) is 11.7. The molecule has 1 saturated carbocycles. The van der Waals surface area contributed by atoms with Crippen LogP contribution in [0.1, 0.15) is 64.1 Å². The highest BCUT2D eigenvalue weighted by Gasteiger charge is 2.43. The van der Waals surface area contributed by atoms with Gasteiger partial charge in [-0.15, -0.1) is 11.3 Å². The molecule has 0 spiro atoms. The number of thiazole rings is 1. The van der Waals surface area contributed by atoms with Crippen LogP contribution in [0.25, 0.3) is 10.4 Å². The van der Waals surface area contributed by atoms with Gasteiger partial charge in [0, 0.05) is 29.0 Å². The van der Waals surface area contributed by atoms with Gasteiger partial charge in [0.25, 0.3) is 0 Å². The van der Waals surface area contributed by atoms with Crippen LogP contribution in [0.4, 0.5) is 0 Å². The Morgan fingerprint density at radius 2 is 1.91 bits per heavy atom. The van der Waals surface area contributed by atoms with Crippen LogP contribution in [0.2, 0.25) is 0 Å². The molecule has 1 aliphatic carbocycles. The molecule has 1 aliphatic rings. The second kappa shape index (κ2) is 11.0. The molecule has 2 aromatic rings. The molecule has 4 nitrogen and oxygen atoms in total. The molecule has 0 radical (unpaired) electrons. The van der Waals surface area contributed by atoms with Gasteiger partial charge in [0.2, 0.25) is 5.91 Å². The molecule has 1 N–H and O–H groups in total. The topological polar surface area (TPSA) is 59.1 Å². The first-order valence-corrected chi connectivity index (χ1v) is 13.7. The lowest BCUT2D eigenvalue weighted by atomic mass is 9.77. The molecule has 6 heteroatoms. The first kappa shape index (κ1) is 25.0. The van der Waals surface area contributed by atoms with Crippen molar-refractivity contribution < 1.29 is 9.59 Å². The molecule has 1 heterocycles. The van der Waals surface area contributed by atoms with Crippen LogP contribution in [-0.4, -0.2) is 27.7 Å². The standard InChI is InChI=1S/C26H36N2O2S2/c1-6-8-22(26(3,4)31-5)23(29)20-9-7-10-21(20)25(30)27-15-18-11-13-19(14-12-18)24-17(2)28-16-32-24/h11-14,16,20-22H,6-10,15H2,1-5H3,(H,27,30). The fraction of sp³-hybridized carbons (Fsp3) is 0.577. The second-order valence-electron chi connectivity index (χ2n) is 9.38. The minimum absolute atomic E-state index is 0.00337. The predicted molar refractivity (Wildman–Crippen MR) is 136 cm³/mol. The van der Waals surface area contributed by atoms with Gasteiger partial charge in [-0.2, -0.15) is 11.8 Å². The Bertz CT molecular complexity index is 920. The summed E-state index contributed by atoms with van der Waals surface area (Å²) in [6, 6.07) is 8.29. The van der Waals surface area contributed by atoms with E-state index in [4.69, 9.17) is 0 Å². The van der Waals surface area contributed by atoms with Gasteiger partial charge in [-0.25, -0.2) is 4.98 Å². The molecule has 3 unspecified atom stereocenters. The van der Waals surface area contributed by atoms with Crippen LogP contribution in [0, 0.1) is 24.7 Å². The van der Waals surface area contributed by atoms with E-state index in [-0.39, 0.29) is 28.4 Å². The van der Waals surface area contributed by atoms with Crippen molar-refractivity contribution in [1.82, 2.24) is 10.3 Å². The van der Waals surface area contributed by atoms with E-state index in [2.05, 4.69) is 61.6 Å². The smallest absolute Gasteiger partial charge is 0.224 e. The SMILES string of the molecule is CCCC(C(=O)C1CCCC1C(=O)NCc1ccc(-c2scnc2C)cc1)C(C)(C)SC. The van der Waals surface area contributed by atoms with E-state index in [1.807, 2.05) is 12.4 Å². The van der Waals surface area contributed by atoms with E-state index < -0.39 is 0 Å². The third-order valence-electron chi connectivity index (χ3n) is 6.93. The van der Waals surface area contributed by atoms with E-state index in [9.17, 15) is 9.59 Å². The lowest BCUT2D eigenvalue weighted by Gasteiger charge is -2.34. The summed E-state index contributed by atoms with van der Waals surface area (Å²) in [5.41, 5.74) is 5.13. The maximum absolute atomic E-state index is 13.5. The van der Waals surface area contributed by atoms with Crippen LogP contribution in [0.3, 0.4) is 0 Å². The first-order valence-electron chi connectivity index (χ1n) is 11.6. The molecule has 1 aromatic carbocycles. The van der Waals surface area contributed by atoms with Crippen LogP contribution < -0.4 is 5.32 Å². The zero-order valence-electron chi connectivity index (χ0n) is 19.9. The van der Waals surface area contributed by atoms with Gasteiger partial charge in [-0.3, -0.25) is 9.59 Å². The van der Waals surface area contributed by atoms with Crippen molar-refractivity contribution in [3.05, 3.63) is 41.0 Å². The number of aryl methyl sites for hydroxylation is 1. The predicted octanol–water partition coefficient (Wildman–Crippen LogP) is 6.28. The maximum Gasteiger partial charge on any atom is 0.224 e. The summed E-state index contributed by atoms with van der Waals surface area (Å²) < 4.78 is -0.102. The van der Waals surface area contributed by atoms with Gasteiger partial charge >= 0.3 is 0 Å². The molecule has 0 bridgehead atoms. The van der Waals surface area contributed by atoms with E-state index in [1.54, 1.807) is 23.1 Å². The van der Waals surface area contributed by atoms with Crippen molar-refractivity contribution >= 4 is 34.8 Å². The zero-order chi connectivity index (χ0) is 23.3. The van der Waals surface area contributed by atoms with Gasteiger partial charge in [0.05, 0.1) is 16.1 Å².